The third-order valence-electron chi connectivity index (χ3n) is 3.62. The van der Waals surface area contributed by atoms with Gasteiger partial charge in [-0.2, -0.15) is 0 Å². The Morgan fingerprint density at radius 1 is 0.926 bits per heavy atom. The fourth-order valence-corrected chi connectivity index (χ4v) is 2.50. The molecule has 3 aromatic rings. The summed E-state index contributed by atoms with van der Waals surface area (Å²) in [6.45, 7) is 0. The summed E-state index contributed by atoms with van der Waals surface area (Å²) in [5, 5.41) is 12.1. The van der Waals surface area contributed by atoms with Gasteiger partial charge in [-0.25, -0.2) is 10.3 Å². The van der Waals surface area contributed by atoms with E-state index in [-0.39, 0.29) is 11.1 Å². The molecule has 136 valence electrons. The number of benzene rings is 3. The number of carbonyl (C=O) groups is 2. The number of carbonyl (C=O) groups excluding carboxylic acids is 1. The van der Waals surface area contributed by atoms with E-state index in [0.717, 1.165) is 0 Å². The summed E-state index contributed by atoms with van der Waals surface area (Å²) in [5.41, 5.74) is 3.83. The van der Waals surface area contributed by atoms with Gasteiger partial charge in [0.1, 0.15) is 0 Å². The molecule has 0 fully saturated rings. The van der Waals surface area contributed by atoms with E-state index < -0.39 is 11.9 Å². The van der Waals surface area contributed by atoms with Gasteiger partial charge in [0.25, 0.3) is 5.91 Å². The maximum Gasteiger partial charge on any atom is 0.335 e. The average molecular weight is 383 g/mol. The van der Waals surface area contributed by atoms with Crippen LogP contribution in [-0.4, -0.2) is 17.0 Å². The Balaban J connectivity index is 1.80. The Kier molecular flexibility index (Phi) is 5.58. The molecule has 27 heavy (non-hydrogen) atoms. The van der Waals surface area contributed by atoms with Gasteiger partial charge in [-0.05, 0) is 48.5 Å². The lowest BCUT2D eigenvalue weighted by Crippen LogP contribution is -2.16. The summed E-state index contributed by atoms with van der Waals surface area (Å²) in [6, 6.07) is 19.7. The molecule has 3 rings (SSSR count). The van der Waals surface area contributed by atoms with E-state index in [1.54, 1.807) is 36.4 Å². The Labute approximate surface area is 160 Å². The van der Waals surface area contributed by atoms with Crippen molar-refractivity contribution in [2.45, 2.75) is 0 Å². The molecule has 0 aromatic heterocycles. The highest BCUT2D eigenvalue weighted by atomic mass is 35.5. The van der Waals surface area contributed by atoms with E-state index in [9.17, 15) is 9.59 Å². The van der Waals surface area contributed by atoms with Crippen LogP contribution in [0.4, 0.5) is 11.4 Å². The molecule has 6 nitrogen and oxygen atoms in total. The highest BCUT2D eigenvalue weighted by Gasteiger charge is 2.14. The number of para-hydroxylation sites is 1. The molecule has 0 spiro atoms. The van der Waals surface area contributed by atoms with E-state index in [2.05, 4.69) is 10.8 Å². The third-order valence-corrected chi connectivity index (χ3v) is 3.85. The first-order chi connectivity index (χ1) is 13.0. The van der Waals surface area contributed by atoms with Gasteiger partial charge in [0.05, 0.1) is 16.8 Å². The number of aromatic carboxylic acids is 1. The topological polar surface area (TPSA) is 87.7 Å². The maximum atomic E-state index is 12.7. The van der Waals surface area contributed by atoms with Crippen molar-refractivity contribution in [3.63, 3.8) is 0 Å². The summed E-state index contributed by atoms with van der Waals surface area (Å²) in [4.78, 5) is 29.2. The molecule has 7 heteroatoms. The fraction of sp³-hybridized carbons (Fsp3) is 0. The molecular weight excluding hydrogens is 368 g/mol. The molecule has 0 saturated carbocycles. The summed E-state index contributed by atoms with van der Waals surface area (Å²) >= 11 is 6.02. The molecule has 0 heterocycles. The van der Waals surface area contributed by atoms with Crippen LogP contribution in [0.15, 0.2) is 72.8 Å². The van der Waals surface area contributed by atoms with Crippen LogP contribution in [0.3, 0.4) is 0 Å². The van der Waals surface area contributed by atoms with Crippen LogP contribution in [0, 0.1) is 0 Å². The van der Waals surface area contributed by atoms with Crippen LogP contribution in [-0.2, 0) is 0 Å². The first-order valence-corrected chi connectivity index (χ1v) is 8.33. The fourth-order valence-electron chi connectivity index (χ4n) is 2.32. The van der Waals surface area contributed by atoms with Crippen LogP contribution in [0.1, 0.15) is 20.7 Å². The summed E-state index contributed by atoms with van der Waals surface area (Å²) in [5.74, 6) is -0.959. The number of hydrogen-bond acceptors (Lipinski definition) is 4. The second kappa shape index (κ2) is 8.25. The lowest BCUT2D eigenvalue weighted by Gasteiger charge is -2.13. The molecule has 0 aliphatic rings. The van der Waals surface area contributed by atoms with Crippen molar-refractivity contribution in [2.75, 3.05) is 10.8 Å². The molecule has 3 N–H and O–H groups in total. The van der Waals surface area contributed by atoms with Gasteiger partial charge in [0.2, 0.25) is 0 Å². The molecule has 0 unspecified atom stereocenters. The number of anilines is 2. The summed E-state index contributed by atoms with van der Waals surface area (Å²) < 4.78 is 0. The van der Waals surface area contributed by atoms with Crippen LogP contribution < -0.4 is 15.6 Å². The van der Waals surface area contributed by atoms with Crippen molar-refractivity contribution in [2.24, 2.45) is 0 Å². The normalized spacial score (nSPS) is 10.1. The lowest BCUT2D eigenvalue weighted by molar-refractivity contribution is 0.0696. The first-order valence-electron chi connectivity index (χ1n) is 7.95. The molecule has 0 radical (unpaired) electrons. The van der Waals surface area contributed by atoms with Gasteiger partial charge in [0, 0.05) is 10.7 Å². The molecule has 0 atom stereocenters. The van der Waals surface area contributed by atoms with E-state index in [1.165, 1.54) is 18.2 Å². The van der Waals surface area contributed by atoms with Gasteiger partial charge in [-0.1, -0.05) is 35.9 Å². The van der Waals surface area contributed by atoms with Crippen LogP contribution in [0.5, 0.6) is 5.75 Å². The van der Waals surface area contributed by atoms with Crippen molar-refractivity contribution in [3.05, 3.63) is 88.9 Å². The second-order valence-corrected chi connectivity index (χ2v) is 5.98. The molecule has 3 aromatic carbocycles. The highest BCUT2D eigenvalue weighted by Crippen LogP contribution is 2.23. The number of nitrogens with one attached hydrogen (secondary N) is 2. The molecule has 0 bridgehead atoms. The molecule has 1 amide bonds. The van der Waals surface area contributed by atoms with Crippen molar-refractivity contribution >= 4 is 34.9 Å². The number of halogens is 1. The van der Waals surface area contributed by atoms with Crippen LogP contribution >= 0.6 is 11.6 Å². The van der Waals surface area contributed by atoms with E-state index in [0.29, 0.717) is 22.1 Å². The van der Waals surface area contributed by atoms with Crippen molar-refractivity contribution < 1.29 is 19.5 Å². The Morgan fingerprint density at radius 3 is 2.44 bits per heavy atom. The summed E-state index contributed by atoms with van der Waals surface area (Å²) in [6.07, 6.45) is 0. The van der Waals surface area contributed by atoms with Crippen LogP contribution in [0.25, 0.3) is 0 Å². The zero-order chi connectivity index (χ0) is 19.2. The monoisotopic (exact) mass is 382 g/mol. The van der Waals surface area contributed by atoms with Gasteiger partial charge < -0.3 is 15.3 Å². The van der Waals surface area contributed by atoms with Crippen molar-refractivity contribution in [3.8, 4) is 5.75 Å². The van der Waals surface area contributed by atoms with Crippen LogP contribution in [0.2, 0.25) is 5.02 Å². The number of rotatable bonds is 6. The number of carboxylic acid groups (broad SMARTS) is 1. The number of hydrogen-bond donors (Lipinski definition) is 3. The van der Waals surface area contributed by atoms with Gasteiger partial charge in [0.15, 0.2) is 5.75 Å². The zero-order valence-corrected chi connectivity index (χ0v) is 14.7. The Hall–Kier alpha value is -3.51. The predicted molar refractivity (Wildman–Crippen MR) is 103 cm³/mol. The Bertz CT molecular complexity index is 977. The first kappa shape index (κ1) is 18.3. The smallest absolute Gasteiger partial charge is 0.335 e. The minimum absolute atomic E-state index is 0.0738. The molecule has 0 aliphatic heterocycles. The van der Waals surface area contributed by atoms with Gasteiger partial charge in [-0.3, -0.25) is 4.79 Å². The third kappa shape index (κ3) is 4.77. The molecule has 0 aliphatic carbocycles. The SMILES string of the molecule is O=C(O)c1cccc(NC(=O)c2cc(Cl)ccc2NOc2ccccc2)c1. The van der Waals surface area contributed by atoms with Gasteiger partial charge in [-0.15, -0.1) is 0 Å². The molecule has 0 saturated heterocycles. The second-order valence-electron chi connectivity index (χ2n) is 5.55. The highest BCUT2D eigenvalue weighted by molar-refractivity contribution is 6.31. The van der Waals surface area contributed by atoms with Gasteiger partial charge >= 0.3 is 5.97 Å². The number of amides is 1. The minimum atomic E-state index is -1.08. The van der Waals surface area contributed by atoms with Crippen molar-refractivity contribution in [1.82, 2.24) is 0 Å². The van der Waals surface area contributed by atoms with E-state index in [1.807, 2.05) is 18.2 Å². The lowest BCUT2D eigenvalue weighted by atomic mass is 10.1. The summed E-state index contributed by atoms with van der Waals surface area (Å²) in [7, 11) is 0. The van der Waals surface area contributed by atoms with E-state index >= 15 is 0 Å². The standard InChI is InChI=1S/C20H15ClN2O4/c21-14-9-10-18(23-27-16-7-2-1-3-8-16)17(12-14)19(24)22-15-6-4-5-13(11-15)20(25)26/h1-12,23H,(H,22,24)(H,25,26). The quantitative estimate of drug-likeness (QED) is 0.538. The zero-order valence-electron chi connectivity index (χ0n) is 14.0. The maximum absolute atomic E-state index is 12.7. The van der Waals surface area contributed by atoms with E-state index in [4.69, 9.17) is 21.5 Å². The minimum Gasteiger partial charge on any atom is -0.478 e. The Morgan fingerprint density at radius 2 is 1.70 bits per heavy atom. The molecular formula is C20H15ClN2O4. The number of carboxylic acids is 1. The average Bonchev–Trinajstić information content (AvgIpc) is 2.68. The largest absolute Gasteiger partial charge is 0.478 e. The predicted octanol–water partition coefficient (Wildman–Crippen LogP) is 4.70. The van der Waals surface area contributed by atoms with Crippen molar-refractivity contribution in [1.29, 1.82) is 0 Å².